The van der Waals surface area contributed by atoms with Crippen LogP contribution in [0.1, 0.15) is 195 Å². The number of carbonyl (C=O) groups is 12. The molecule has 4 aliphatic carbocycles. The van der Waals surface area contributed by atoms with Gasteiger partial charge in [0, 0.05) is 101 Å². The summed E-state index contributed by atoms with van der Waals surface area (Å²) in [6.45, 7) is 4.08. The molecule has 35 heteroatoms. The monoisotopic (exact) mass is 1610 g/mol. The molecule has 25 nitrogen and oxygen atoms in total. The standard InChI is InChI=1S/C77H119F10N13O12/c1-12-45(4)63-71(110)93(8)44-61(103)95(10)55-23-16-15-19-34-99(70(55)109)57(39-46-24-27-49(28-25-46)76(82,83)84)69(108)92(7)43-59(101)88-53(29-26-47-37-51(78)62(52(79)38-47)77(85,86)87)67(106)100-42-50(97-35-32-75(80,81)33-36-97)40-56(100)66(105)90-74(30-20-31-74)73(112)96(11)64(48-21-17-18-22-48)72(111)98(14-3)58(68(107)91(5)6)41-60(102)94(9)54(13-2)65(104)89-63/h45-58,62-64H,12-44H2,1-11H3,(H,88,101)(H,89,104)(H,90,105)/t45-,46?,47?,49?,50+,51?,52?,53-,54-,55-,56-,57-,58-,62?,63-,64-/m0/s1. The van der Waals surface area contributed by atoms with E-state index in [-0.39, 0.29) is 103 Å². The van der Waals surface area contributed by atoms with Gasteiger partial charge in [0.1, 0.15) is 72.1 Å². The van der Waals surface area contributed by atoms with Gasteiger partial charge in [0.05, 0.1) is 25.4 Å². The number of amides is 12. The zero-order valence-corrected chi connectivity index (χ0v) is 66.8. The maximum Gasteiger partial charge on any atom is 0.397 e. The highest BCUT2D eigenvalue weighted by atomic mass is 19.4. The van der Waals surface area contributed by atoms with E-state index in [1.54, 1.807) is 32.6 Å². The molecule has 8 fully saturated rings. The van der Waals surface area contributed by atoms with Crippen LogP contribution in [0.4, 0.5) is 43.9 Å². The first-order valence-electron chi connectivity index (χ1n) is 40.4. The van der Waals surface area contributed by atoms with Crippen LogP contribution >= 0.6 is 0 Å². The first kappa shape index (κ1) is 90.4. The molecule has 2 bridgehead atoms. The first-order chi connectivity index (χ1) is 52.5. The Labute approximate surface area is 650 Å². The zero-order chi connectivity index (χ0) is 83.0. The van der Waals surface area contributed by atoms with Crippen LogP contribution in [0, 0.1) is 35.5 Å². The molecule has 1 spiro atoms. The molecule has 4 saturated heterocycles. The van der Waals surface area contributed by atoms with E-state index in [1.165, 1.54) is 68.9 Å². The minimum absolute atomic E-state index is 0.00387. The van der Waals surface area contributed by atoms with E-state index in [2.05, 4.69) is 16.0 Å². The second-order valence-corrected chi connectivity index (χ2v) is 33.4. The summed E-state index contributed by atoms with van der Waals surface area (Å²) in [4.78, 5) is 194. The average molecular weight is 1610 g/mol. The average Bonchev–Trinajstić information content (AvgIpc) is 0.779. The van der Waals surface area contributed by atoms with Gasteiger partial charge in [-0.25, -0.2) is 17.6 Å². The van der Waals surface area contributed by atoms with Crippen molar-refractivity contribution in [1.29, 1.82) is 0 Å². The molecule has 0 radical (unpaired) electrons. The Balaban J connectivity index is 1.22. The third kappa shape index (κ3) is 21.3. The number of halogens is 10. The van der Waals surface area contributed by atoms with Crippen LogP contribution in [0.3, 0.4) is 0 Å². The van der Waals surface area contributed by atoms with Gasteiger partial charge in [0.25, 0.3) is 5.92 Å². The second-order valence-electron chi connectivity index (χ2n) is 33.4. The number of alkyl halides is 10. The molecule has 3 N–H and O–H groups in total. The second kappa shape index (κ2) is 38.1. The fraction of sp³-hybridized carbons (Fsp3) is 0.844. The molecule has 0 aromatic rings. The lowest BCUT2D eigenvalue weighted by Crippen LogP contribution is -2.68. The lowest BCUT2D eigenvalue weighted by Gasteiger charge is -2.47. The van der Waals surface area contributed by atoms with Gasteiger partial charge in [-0.15, -0.1) is 0 Å². The summed E-state index contributed by atoms with van der Waals surface area (Å²) in [7, 11) is 9.45. The fourth-order valence-electron chi connectivity index (χ4n) is 18.5. The van der Waals surface area contributed by atoms with E-state index >= 15 is 37.5 Å². The van der Waals surface area contributed by atoms with Gasteiger partial charge in [-0.1, -0.05) is 52.9 Å². The third-order valence-corrected chi connectivity index (χ3v) is 25.8. The summed E-state index contributed by atoms with van der Waals surface area (Å²) in [6.07, 6.45) is -16.6. The van der Waals surface area contributed by atoms with Crippen LogP contribution in [0.2, 0.25) is 0 Å². The number of nitrogens with one attached hydrogen (secondary N) is 3. The number of rotatable bonds is 12. The molecule has 8 rings (SSSR count). The van der Waals surface area contributed by atoms with Crippen molar-refractivity contribution < 1.29 is 101 Å². The number of likely N-dealkylation sites (tertiary alicyclic amines) is 1. The van der Waals surface area contributed by atoms with E-state index in [0.29, 0.717) is 57.8 Å². The molecular weight excluding hydrogens is 1490 g/mol. The molecule has 634 valence electrons. The molecule has 12 amide bonds. The van der Waals surface area contributed by atoms with E-state index in [1.807, 2.05) is 0 Å². The Bertz CT molecular complexity index is 3340. The van der Waals surface area contributed by atoms with Crippen molar-refractivity contribution in [2.24, 2.45) is 35.5 Å². The topological polar surface area (TPSA) is 273 Å². The first-order valence-corrected chi connectivity index (χ1v) is 40.4. The number of nitrogens with zero attached hydrogens (tertiary/aromatic N) is 10. The van der Waals surface area contributed by atoms with Crippen LogP contribution in [0.15, 0.2) is 0 Å². The highest BCUT2D eigenvalue weighted by molar-refractivity contribution is 6.01. The van der Waals surface area contributed by atoms with E-state index in [9.17, 15) is 63.9 Å². The van der Waals surface area contributed by atoms with Gasteiger partial charge in [-0.2, -0.15) is 26.3 Å². The molecule has 8 aliphatic rings. The summed E-state index contributed by atoms with van der Waals surface area (Å²) < 4.78 is 146. The van der Waals surface area contributed by atoms with Crippen molar-refractivity contribution in [1.82, 2.24) is 64.9 Å². The van der Waals surface area contributed by atoms with Crippen molar-refractivity contribution in [3.05, 3.63) is 0 Å². The Hall–Kier alpha value is -7.10. The molecule has 12 atom stereocenters. The van der Waals surface area contributed by atoms with Crippen LogP contribution < -0.4 is 16.0 Å². The lowest BCUT2D eigenvalue weighted by atomic mass is 9.74. The summed E-state index contributed by atoms with van der Waals surface area (Å²) in [5.74, 6) is -20.3. The Morgan fingerprint density at radius 3 is 1.75 bits per heavy atom. The number of carbonyl (C=O) groups excluding carboxylic acids is 12. The zero-order valence-electron chi connectivity index (χ0n) is 66.8. The van der Waals surface area contributed by atoms with Crippen LogP contribution in [0.5, 0.6) is 0 Å². The number of piperidine rings is 1. The quantitative estimate of drug-likeness (QED) is 0.166. The normalized spacial score (nSPS) is 32.5. The predicted octanol–water partition coefficient (Wildman–Crippen LogP) is 7.02. The van der Waals surface area contributed by atoms with Gasteiger partial charge >= 0.3 is 12.4 Å². The largest absolute Gasteiger partial charge is 0.397 e. The van der Waals surface area contributed by atoms with E-state index in [4.69, 9.17) is 0 Å². The highest BCUT2D eigenvalue weighted by Gasteiger charge is 2.57. The van der Waals surface area contributed by atoms with E-state index < -0.39 is 249 Å². The van der Waals surface area contributed by atoms with Crippen LogP contribution in [0.25, 0.3) is 0 Å². The summed E-state index contributed by atoms with van der Waals surface area (Å²) in [6, 6.07) is -12.4. The number of hydrogen-bond donors (Lipinski definition) is 3. The maximum atomic E-state index is 15.8. The predicted molar refractivity (Wildman–Crippen MR) is 391 cm³/mol. The summed E-state index contributed by atoms with van der Waals surface area (Å²) in [5.41, 5.74) is -1.77. The van der Waals surface area contributed by atoms with Crippen LogP contribution in [-0.2, 0) is 57.5 Å². The van der Waals surface area contributed by atoms with Crippen molar-refractivity contribution in [3.8, 4) is 0 Å². The van der Waals surface area contributed by atoms with Gasteiger partial charge in [-0.3, -0.25) is 62.4 Å². The third-order valence-electron chi connectivity index (χ3n) is 25.8. The molecular formula is C77H119F10N13O12. The molecule has 0 aromatic heterocycles. The number of fused-ring (bicyclic) bond motifs is 3. The van der Waals surface area contributed by atoms with E-state index in [0.717, 1.165) is 24.5 Å². The summed E-state index contributed by atoms with van der Waals surface area (Å²) >= 11 is 0. The smallest absolute Gasteiger partial charge is 0.347 e. The number of likely N-dealkylation sites (N-methyl/N-ethyl adjacent to an activating group) is 7. The Morgan fingerprint density at radius 1 is 0.589 bits per heavy atom. The minimum atomic E-state index is -5.25. The van der Waals surface area contributed by atoms with Crippen molar-refractivity contribution in [2.75, 3.05) is 95.1 Å². The molecule has 4 saturated carbocycles. The molecule has 2 unspecified atom stereocenters. The van der Waals surface area contributed by atoms with Crippen molar-refractivity contribution in [3.63, 3.8) is 0 Å². The number of hydrogen-bond acceptors (Lipinski definition) is 13. The molecule has 4 aliphatic heterocycles. The van der Waals surface area contributed by atoms with Crippen molar-refractivity contribution >= 4 is 70.9 Å². The van der Waals surface area contributed by atoms with Crippen molar-refractivity contribution in [2.45, 2.75) is 285 Å². The minimum Gasteiger partial charge on any atom is -0.347 e. The van der Waals surface area contributed by atoms with Gasteiger partial charge in [0.2, 0.25) is 70.9 Å². The maximum absolute atomic E-state index is 15.8. The molecule has 4 heterocycles. The lowest BCUT2D eigenvalue weighted by molar-refractivity contribution is -0.219. The van der Waals surface area contributed by atoms with Crippen LogP contribution in [-0.4, -0.2) is 306 Å². The highest BCUT2D eigenvalue weighted by Crippen LogP contribution is 2.46. The van der Waals surface area contributed by atoms with Gasteiger partial charge < -0.3 is 60.0 Å². The molecule has 112 heavy (non-hydrogen) atoms. The van der Waals surface area contributed by atoms with Gasteiger partial charge in [-0.05, 0) is 146 Å². The summed E-state index contributed by atoms with van der Waals surface area (Å²) in [5, 5.41) is 8.36. The Morgan fingerprint density at radius 2 is 1.20 bits per heavy atom. The Kier molecular flexibility index (Phi) is 30.8. The molecule has 0 aromatic carbocycles. The SMILES string of the molecule is CC[C@H](C)[C@@H]1NC(=O)[C@H](CC)N(C)C(=O)C[C@@H](C(=O)N(C)C)N(CC)C(=O)[C@H](C2CCCC2)N(C)C(=O)C2(CCC2)NC(=O)[C@@H]2C[C@@H](N3CCC(F)(F)CC3)CN2C(=O)[C@H](CCC2CC(F)C(C(F)(F)F)C(F)C2)NC(=O)CN(C)C(=O)[C@H](CC2CCC(C(F)(F)F)CC2)N2CCCCC[C@@H](C2=O)N(C)C(=O)CN(C)C1=O. The fourth-order valence-corrected chi connectivity index (χ4v) is 18.5. The van der Waals surface area contributed by atoms with Gasteiger partial charge in [0.15, 0.2) is 0 Å².